The molecule has 0 radical (unpaired) electrons. The second kappa shape index (κ2) is 4.25. The Labute approximate surface area is 97.8 Å². The third-order valence-electron chi connectivity index (χ3n) is 2.43. The summed E-state index contributed by atoms with van der Waals surface area (Å²) < 4.78 is 4.98. The lowest BCUT2D eigenvalue weighted by molar-refractivity contribution is 0.102. The number of amides is 1. The summed E-state index contributed by atoms with van der Waals surface area (Å²) >= 11 is 0. The predicted octanol–water partition coefficient (Wildman–Crippen LogP) is 1.52. The smallest absolute Gasteiger partial charge is 0.259 e. The summed E-state index contributed by atoms with van der Waals surface area (Å²) in [5, 5.41) is 6.37. The van der Waals surface area contributed by atoms with Crippen LogP contribution in [0.4, 0.5) is 11.7 Å². The number of nitrogens with two attached hydrogens (primary N) is 1. The van der Waals surface area contributed by atoms with Crippen LogP contribution in [0, 0.1) is 13.8 Å². The SMILES string of the molecule is Cc1noc(NC(=O)c2ccc(N)nc2)c1C. The molecule has 0 aliphatic heterocycles. The first kappa shape index (κ1) is 11.1. The molecule has 17 heavy (non-hydrogen) atoms. The molecule has 0 bridgehead atoms. The van der Waals surface area contributed by atoms with Gasteiger partial charge in [-0.2, -0.15) is 0 Å². The van der Waals surface area contributed by atoms with Crippen molar-refractivity contribution in [3.63, 3.8) is 0 Å². The van der Waals surface area contributed by atoms with Gasteiger partial charge in [0.25, 0.3) is 5.91 Å². The Hall–Kier alpha value is -2.37. The van der Waals surface area contributed by atoms with Gasteiger partial charge < -0.3 is 10.3 Å². The van der Waals surface area contributed by atoms with Crippen LogP contribution in [-0.2, 0) is 0 Å². The Morgan fingerprint density at radius 2 is 2.18 bits per heavy atom. The lowest BCUT2D eigenvalue weighted by Gasteiger charge is -2.02. The number of aromatic nitrogens is 2. The van der Waals surface area contributed by atoms with Crippen LogP contribution in [0.1, 0.15) is 21.6 Å². The van der Waals surface area contributed by atoms with Gasteiger partial charge in [-0.25, -0.2) is 4.98 Å². The maximum Gasteiger partial charge on any atom is 0.259 e. The zero-order chi connectivity index (χ0) is 12.4. The normalized spacial score (nSPS) is 10.2. The number of aryl methyl sites for hydroxylation is 1. The molecule has 0 saturated carbocycles. The van der Waals surface area contributed by atoms with Crippen LogP contribution in [-0.4, -0.2) is 16.0 Å². The van der Waals surface area contributed by atoms with E-state index in [0.717, 1.165) is 11.3 Å². The van der Waals surface area contributed by atoms with Crippen LogP contribution in [0.3, 0.4) is 0 Å². The van der Waals surface area contributed by atoms with Gasteiger partial charge in [0.05, 0.1) is 11.3 Å². The van der Waals surface area contributed by atoms with E-state index in [1.807, 2.05) is 6.92 Å². The predicted molar refractivity (Wildman–Crippen MR) is 62.6 cm³/mol. The fraction of sp³-hybridized carbons (Fsp3) is 0.182. The third-order valence-corrected chi connectivity index (χ3v) is 2.43. The van der Waals surface area contributed by atoms with Crippen molar-refractivity contribution in [1.82, 2.24) is 10.1 Å². The number of anilines is 2. The maximum absolute atomic E-state index is 11.8. The topological polar surface area (TPSA) is 94.0 Å². The Morgan fingerprint density at radius 1 is 1.41 bits per heavy atom. The molecule has 0 saturated heterocycles. The number of carbonyl (C=O) groups excluding carboxylic acids is 1. The Balaban J connectivity index is 2.17. The summed E-state index contributed by atoms with van der Waals surface area (Å²) in [7, 11) is 0. The van der Waals surface area contributed by atoms with E-state index in [9.17, 15) is 4.79 Å². The van der Waals surface area contributed by atoms with Gasteiger partial charge in [-0.15, -0.1) is 0 Å². The lowest BCUT2D eigenvalue weighted by Crippen LogP contribution is -2.12. The minimum atomic E-state index is -0.309. The molecule has 2 rings (SSSR count). The average Bonchev–Trinajstić information content (AvgIpc) is 2.62. The van der Waals surface area contributed by atoms with Crippen LogP contribution in [0.2, 0.25) is 0 Å². The molecule has 1 amide bonds. The van der Waals surface area contributed by atoms with E-state index < -0.39 is 0 Å². The molecule has 0 spiro atoms. The van der Waals surface area contributed by atoms with Crippen molar-refractivity contribution >= 4 is 17.6 Å². The Morgan fingerprint density at radius 3 is 2.71 bits per heavy atom. The standard InChI is InChI=1S/C11H12N4O2/c1-6-7(2)15-17-11(6)14-10(16)8-3-4-9(12)13-5-8/h3-5H,1-2H3,(H2,12,13)(H,14,16). The summed E-state index contributed by atoms with van der Waals surface area (Å²) in [4.78, 5) is 15.6. The van der Waals surface area contributed by atoms with Gasteiger partial charge in [0.2, 0.25) is 5.88 Å². The number of nitrogen functional groups attached to an aromatic ring is 1. The van der Waals surface area contributed by atoms with Crippen LogP contribution in [0.15, 0.2) is 22.9 Å². The van der Waals surface area contributed by atoms with Crippen LogP contribution < -0.4 is 11.1 Å². The minimum Gasteiger partial charge on any atom is -0.384 e. The zero-order valence-corrected chi connectivity index (χ0v) is 9.52. The highest BCUT2D eigenvalue weighted by atomic mass is 16.5. The third kappa shape index (κ3) is 2.25. The Kier molecular flexibility index (Phi) is 2.78. The van der Waals surface area contributed by atoms with Crippen molar-refractivity contribution in [3.05, 3.63) is 35.2 Å². The van der Waals surface area contributed by atoms with Gasteiger partial charge in [-0.1, -0.05) is 5.16 Å². The average molecular weight is 232 g/mol. The van der Waals surface area contributed by atoms with Gasteiger partial charge in [0, 0.05) is 11.8 Å². The highest BCUT2D eigenvalue weighted by molar-refractivity contribution is 6.03. The molecule has 2 aromatic rings. The maximum atomic E-state index is 11.8. The van der Waals surface area contributed by atoms with Crippen LogP contribution >= 0.6 is 0 Å². The Bertz CT molecular complexity index is 545. The van der Waals surface area contributed by atoms with Crippen molar-refractivity contribution < 1.29 is 9.32 Å². The molecule has 3 N–H and O–H groups in total. The number of hydrogen-bond donors (Lipinski definition) is 2. The first-order chi connectivity index (χ1) is 8.08. The van der Waals surface area contributed by atoms with Crippen molar-refractivity contribution in [1.29, 1.82) is 0 Å². The number of nitrogens with one attached hydrogen (secondary N) is 1. The summed E-state index contributed by atoms with van der Waals surface area (Å²) in [5.41, 5.74) is 7.40. The summed E-state index contributed by atoms with van der Waals surface area (Å²) in [6, 6.07) is 3.16. The van der Waals surface area contributed by atoms with E-state index in [4.69, 9.17) is 10.3 Å². The summed E-state index contributed by atoms with van der Waals surface area (Å²) in [6.45, 7) is 3.63. The molecule has 88 valence electrons. The number of nitrogens with zero attached hydrogens (tertiary/aromatic N) is 2. The lowest BCUT2D eigenvalue weighted by atomic mass is 10.2. The highest BCUT2D eigenvalue weighted by Crippen LogP contribution is 2.18. The molecule has 2 heterocycles. The molecule has 0 atom stereocenters. The van der Waals surface area contributed by atoms with Gasteiger partial charge in [-0.05, 0) is 26.0 Å². The highest BCUT2D eigenvalue weighted by Gasteiger charge is 2.13. The fourth-order valence-electron chi connectivity index (χ4n) is 1.25. The van der Waals surface area contributed by atoms with Gasteiger partial charge >= 0.3 is 0 Å². The van der Waals surface area contributed by atoms with E-state index in [-0.39, 0.29) is 5.91 Å². The van der Waals surface area contributed by atoms with E-state index in [0.29, 0.717) is 17.3 Å². The number of hydrogen-bond acceptors (Lipinski definition) is 5. The van der Waals surface area contributed by atoms with E-state index >= 15 is 0 Å². The monoisotopic (exact) mass is 232 g/mol. The molecule has 0 aliphatic carbocycles. The van der Waals surface area contributed by atoms with Crippen molar-refractivity contribution in [2.24, 2.45) is 0 Å². The molecule has 2 aromatic heterocycles. The quantitative estimate of drug-likeness (QED) is 0.818. The molecule has 0 fully saturated rings. The van der Waals surface area contributed by atoms with E-state index in [2.05, 4.69) is 15.5 Å². The molecule has 0 unspecified atom stereocenters. The number of pyridine rings is 1. The summed E-state index contributed by atoms with van der Waals surface area (Å²) in [6.07, 6.45) is 1.41. The minimum absolute atomic E-state index is 0.309. The largest absolute Gasteiger partial charge is 0.384 e. The van der Waals surface area contributed by atoms with Crippen LogP contribution in [0.25, 0.3) is 0 Å². The van der Waals surface area contributed by atoms with E-state index in [1.165, 1.54) is 6.20 Å². The zero-order valence-electron chi connectivity index (χ0n) is 9.52. The fourth-order valence-corrected chi connectivity index (χ4v) is 1.25. The molecule has 0 aliphatic rings. The first-order valence-corrected chi connectivity index (χ1v) is 5.03. The number of carbonyl (C=O) groups is 1. The number of rotatable bonds is 2. The second-order valence-electron chi connectivity index (χ2n) is 3.65. The molecule has 0 aromatic carbocycles. The van der Waals surface area contributed by atoms with Crippen LogP contribution in [0.5, 0.6) is 0 Å². The first-order valence-electron chi connectivity index (χ1n) is 5.03. The van der Waals surface area contributed by atoms with Crippen molar-refractivity contribution in [2.45, 2.75) is 13.8 Å². The molecular formula is C11H12N4O2. The second-order valence-corrected chi connectivity index (χ2v) is 3.65. The van der Waals surface area contributed by atoms with Gasteiger partial charge in [-0.3, -0.25) is 10.1 Å². The van der Waals surface area contributed by atoms with Crippen molar-refractivity contribution in [2.75, 3.05) is 11.1 Å². The molecule has 6 heteroatoms. The molecule has 6 nitrogen and oxygen atoms in total. The van der Waals surface area contributed by atoms with Gasteiger partial charge in [0.15, 0.2) is 0 Å². The van der Waals surface area contributed by atoms with Crippen molar-refractivity contribution in [3.8, 4) is 0 Å². The van der Waals surface area contributed by atoms with E-state index in [1.54, 1.807) is 19.1 Å². The van der Waals surface area contributed by atoms with Gasteiger partial charge in [0.1, 0.15) is 5.82 Å². The summed E-state index contributed by atoms with van der Waals surface area (Å²) in [5.74, 6) is 0.411. The molecular weight excluding hydrogens is 220 g/mol.